The van der Waals surface area contributed by atoms with Gasteiger partial charge in [-0.1, -0.05) is 29.8 Å². The molecule has 3 aromatic rings. The Labute approximate surface area is 132 Å². The molecule has 0 saturated heterocycles. The maximum Gasteiger partial charge on any atom is 0.400 e. The molecule has 22 heavy (non-hydrogen) atoms. The van der Waals surface area contributed by atoms with Gasteiger partial charge in [-0.25, -0.2) is 0 Å². The molecular weight excluding hydrogens is 304 g/mol. The third-order valence-electron chi connectivity index (χ3n) is 3.24. The van der Waals surface area contributed by atoms with E-state index in [1.165, 1.54) is 11.8 Å². The average molecular weight is 317 g/mol. The van der Waals surface area contributed by atoms with Crippen LogP contribution in [0.1, 0.15) is 6.92 Å². The number of ether oxygens (including phenoxy) is 1. The van der Waals surface area contributed by atoms with Gasteiger partial charge in [0.2, 0.25) is 5.91 Å². The lowest BCUT2D eigenvalue weighted by molar-refractivity contribution is -0.116. The number of oxazole rings is 1. The van der Waals surface area contributed by atoms with Crippen LogP contribution in [0.4, 0.5) is 5.69 Å². The molecule has 0 fully saturated rings. The van der Waals surface area contributed by atoms with Crippen molar-refractivity contribution < 1.29 is 13.9 Å². The third-order valence-corrected chi connectivity index (χ3v) is 3.54. The Morgan fingerprint density at radius 2 is 2.00 bits per heavy atom. The summed E-state index contributed by atoms with van der Waals surface area (Å²) in [6, 6.07) is 12.4. The average Bonchev–Trinajstić information content (AvgIpc) is 2.91. The van der Waals surface area contributed by atoms with Gasteiger partial charge in [0.15, 0.2) is 11.3 Å². The first kappa shape index (κ1) is 14.4. The first-order chi connectivity index (χ1) is 10.6. The van der Waals surface area contributed by atoms with Crippen LogP contribution in [-0.2, 0) is 4.79 Å². The molecule has 6 heteroatoms. The molecule has 0 spiro atoms. The van der Waals surface area contributed by atoms with E-state index in [0.29, 0.717) is 27.6 Å². The van der Waals surface area contributed by atoms with E-state index in [1.807, 2.05) is 12.1 Å². The molecule has 0 aliphatic carbocycles. The second kappa shape index (κ2) is 5.69. The number of carbonyl (C=O) groups excluding carboxylic acids is 1. The molecule has 1 amide bonds. The number of anilines is 1. The highest BCUT2D eigenvalue weighted by molar-refractivity contribution is 6.34. The van der Waals surface area contributed by atoms with Crippen LogP contribution in [0.15, 0.2) is 46.9 Å². The van der Waals surface area contributed by atoms with Crippen LogP contribution in [0.5, 0.6) is 11.8 Å². The van der Waals surface area contributed by atoms with E-state index in [2.05, 4.69) is 4.98 Å². The number of fused-ring (bicyclic) bond motifs is 1. The molecule has 2 aromatic carbocycles. The van der Waals surface area contributed by atoms with Gasteiger partial charge >= 0.3 is 6.08 Å². The van der Waals surface area contributed by atoms with E-state index < -0.39 is 0 Å². The summed E-state index contributed by atoms with van der Waals surface area (Å²) < 4.78 is 11.2. The molecule has 0 N–H and O–H groups in total. The summed E-state index contributed by atoms with van der Waals surface area (Å²) >= 11 is 6.05. The zero-order valence-corrected chi connectivity index (χ0v) is 12.8. The van der Waals surface area contributed by atoms with Crippen LogP contribution in [0.3, 0.4) is 0 Å². The molecule has 0 aliphatic heterocycles. The number of nitrogens with zero attached hydrogens (tertiary/aromatic N) is 2. The SMILES string of the molecule is CC(=O)N(C)c1ccccc1Oc1nc2cccc(Cl)c2o1. The van der Waals surface area contributed by atoms with Gasteiger partial charge in [-0.2, -0.15) is 4.98 Å². The monoisotopic (exact) mass is 316 g/mol. The molecular formula is C16H13ClN2O3. The molecule has 0 bridgehead atoms. The van der Waals surface area contributed by atoms with Crippen molar-refractivity contribution in [3.8, 4) is 11.8 Å². The van der Waals surface area contributed by atoms with Crippen molar-refractivity contribution in [3.63, 3.8) is 0 Å². The van der Waals surface area contributed by atoms with Gasteiger partial charge in [-0.3, -0.25) is 4.79 Å². The lowest BCUT2D eigenvalue weighted by atomic mass is 10.2. The molecule has 1 heterocycles. The quantitative estimate of drug-likeness (QED) is 0.724. The van der Waals surface area contributed by atoms with Crippen LogP contribution < -0.4 is 9.64 Å². The van der Waals surface area contributed by atoms with E-state index in [1.54, 1.807) is 37.4 Å². The number of rotatable bonds is 3. The van der Waals surface area contributed by atoms with Crippen molar-refractivity contribution in [2.75, 3.05) is 11.9 Å². The largest absolute Gasteiger partial charge is 0.409 e. The summed E-state index contributed by atoms with van der Waals surface area (Å²) in [7, 11) is 1.67. The second-order valence-electron chi connectivity index (χ2n) is 4.72. The van der Waals surface area contributed by atoms with Gasteiger partial charge in [0.25, 0.3) is 0 Å². The van der Waals surface area contributed by atoms with Gasteiger partial charge < -0.3 is 14.1 Å². The number of carbonyl (C=O) groups is 1. The van der Waals surface area contributed by atoms with Crippen LogP contribution in [0.2, 0.25) is 5.02 Å². The van der Waals surface area contributed by atoms with Crippen molar-refractivity contribution in [1.29, 1.82) is 0 Å². The minimum atomic E-state index is -0.100. The fourth-order valence-corrected chi connectivity index (χ4v) is 2.23. The highest BCUT2D eigenvalue weighted by Gasteiger charge is 2.15. The minimum absolute atomic E-state index is 0.0764. The van der Waals surface area contributed by atoms with Crippen molar-refractivity contribution in [2.24, 2.45) is 0 Å². The topological polar surface area (TPSA) is 55.6 Å². The summed E-state index contributed by atoms with van der Waals surface area (Å²) in [6.07, 6.45) is 0.0764. The highest BCUT2D eigenvalue weighted by atomic mass is 35.5. The molecule has 0 saturated carbocycles. The van der Waals surface area contributed by atoms with Crippen molar-refractivity contribution in [1.82, 2.24) is 4.98 Å². The van der Waals surface area contributed by atoms with Crippen molar-refractivity contribution in [3.05, 3.63) is 47.5 Å². The zero-order valence-electron chi connectivity index (χ0n) is 12.0. The third kappa shape index (κ3) is 2.63. The summed E-state index contributed by atoms with van der Waals surface area (Å²) in [5.74, 6) is 0.375. The maximum atomic E-state index is 11.5. The first-order valence-electron chi connectivity index (χ1n) is 6.62. The van der Waals surface area contributed by atoms with Gasteiger partial charge in [-0.15, -0.1) is 0 Å². The fourth-order valence-electron chi connectivity index (χ4n) is 2.02. The number of benzene rings is 2. The lowest BCUT2D eigenvalue weighted by Gasteiger charge is -2.17. The lowest BCUT2D eigenvalue weighted by Crippen LogP contribution is -2.23. The summed E-state index contributed by atoms with van der Waals surface area (Å²) in [5, 5.41) is 0.467. The highest BCUT2D eigenvalue weighted by Crippen LogP contribution is 2.34. The van der Waals surface area contributed by atoms with Gasteiger partial charge in [0, 0.05) is 14.0 Å². The Morgan fingerprint density at radius 1 is 1.23 bits per heavy atom. The van der Waals surface area contributed by atoms with E-state index in [9.17, 15) is 4.79 Å². The van der Waals surface area contributed by atoms with E-state index in [4.69, 9.17) is 20.8 Å². The molecule has 112 valence electrons. The molecule has 3 rings (SSSR count). The Hall–Kier alpha value is -2.53. The first-order valence-corrected chi connectivity index (χ1v) is 7.00. The molecule has 0 aliphatic rings. The summed E-state index contributed by atoms with van der Waals surface area (Å²) in [5.41, 5.74) is 1.71. The normalized spacial score (nSPS) is 10.7. The van der Waals surface area contributed by atoms with E-state index >= 15 is 0 Å². The number of halogens is 1. The Morgan fingerprint density at radius 3 is 2.73 bits per heavy atom. The zero-order chi connectivity index (χ0) is 15.7. The van der Waals surface area contributed by atoms with E-state index in [-0.39, 0.29) is 12.0 Å². The number of hydrogen-bond acceptors (Lipinski definition) is 4. The fraction of sp³-hybridized carbons (Fsp3) is 0.125. The minimum Gasteiger partial charge on any atom is -0.409 e. The second-order valence-corrected chi connectivity index (χ2v) is 5.12. The Bertz CT molecular complexity index is 844. The van der Waals surface area contributed by atoms with Gasteiger partial charge in [-0.05, 0) is 24.3 Å². The number of amides is 1. The van der Waals surface area contributed by atoms with Gasteiger partial charge in [0.1, 0.15) is 5.52 Å². The number of para-hydroxylation sites is 3. The number of aromatic nitrogens is 1. The summed E-state index contributed by atoms with van der Waals surface area (Å²) in [4.78, 5) is 17.3. The Balaban J connectivity index is 1.98. The van der Waals surface area contributed by atoms with Crippen LogP contribution in [-0.4, -0.2) is 17.9 Å². The van der Waals surface area contributed by atoms with Crippen LogP contribution >= 0.6 is 11.6 Å². The molecule has 0 unspecified atom stereocenters. The predicted octanol–water partition coefficient (Wildman–Crippen LogP) is 4.26. The Kier molecular flexibility index (Phi) is 3.73. The summed E-state index contributed by atoms with van der Waals surface area (Å²) in [6.45, 7) is 1.48. The predicted molar refractivity (Wildman–Crippen MR) is 84.6 cm³/mol. The van der Waals surface area contributed by atoms with Crippen LogP contribution in [0.25, 0.3) is 11.1 Å². The van der Waals surface area contributed by atoms with Crippen molar-refractivity contribution in [2.45, 2.75) is 6.92 Å². The molecule has 1 aromatic heterocycles. The van der Waals surface area contributed by atoms with Crippen LogP contribution in [0, 0.1) is 0 Å². The van der Waals surface area contributed by atoms with E-state index in [0.717, 1.165) is 0 Å². The maximum absolute atomic E-state index is 11.5. The smallest absolute Gasteiger partial charge is 0.400 e. The number of hydrogen-bond donors (Lipinski definition) is 0. The standard InChI is InChI=1S/C16H13ClN2O3/c1-10(20)19(2)13-8-3-4-9-14(13)21-16-18-12-7-5-6-11(17)15(12)22-16/h3-9H,1-2H3. The van der Waals surface area contributed by atoms with Gasteiger partial charge in [0.05, 0.1) is 10.7 Å². The van der Waals surface area contributed by atoms with Crippen molar-refractivity contribution >= 4 is 34.3 Å². The molecule has 5 nitrogen and oxygen atoms in total. The molecule has 0 atom stereocenters. The molecule has 0 radical (unpaired) electrons.